The fraction of sp³-hybridized carbons (Fsp3) is 0.692. The summed E-state index contributed by atoms with van der Waals surface area (Å²) in [5.74, 6) is -1.29. The number of nitrogens with one attached hydrogen (secondary N) is 1. The van der Waals surface area contributed by atoms with Gasteiger partial charge < -0.3 is 20.3 Å². The van der Waals surface area contributed by atoms with Crippen LogP contribution in [-0.2, 0) is 14.3 Å². The Morgan fingerprint density at radius 1 is 1.26 bits per heavy atom. The largest absolute Gasteiger partial charge is 0.457 e. The average molecular weight is 273 g/mol. The number of carbonyl (C=O) groups is 2. The van der Waals surface area contributed by atoms with Crippen LogP contribution in [0.1, 0.15) is 34.6 Å². The number of aliphatic hydroxyl groups is 2. The Morgan fingerprint density at radius 2 is 1.79 bits per heavy atom. The van der Waals surface area contributed by atoms with Crippen molar-refractivity contribution in [2.24, 2.45) is 5.41 Å². The third-order valence-electron chi connectivity index (χ3n) is 2.25. The molecule has 0 aliphatic carbocycles. The Morgan fingerprint density at radius 3 is 2.21 bits per heavy atom. The highest BCUT2D eigenvalue weighted by Gasteiger charge is 2.32. The molecule has 0 fully saturated rings. The van der Waals surface area contributed by atoms with Crippen molar-refractivity contribution in [1.82, 2.24) is 5.32 Å². The molecule has 0 aromatic heterocycles. The Hall–Kier alpha value is -1.40. The van der Waals surface area contributed by atoms with Crippen molar-refractivity contribution < 1.29 is 24.5 Å². The van der Waals surface area contributed by atoms with Gasteiger partial charge in [-0.15, -0.1) is 0 Å². The van der Waals surface area contributed by atoms with Gasteiger partial charge in [0.15, 0.2) is 0 Å². The summed E-state index contributed by atoms with van der Waals surface area (Å²) in [6.45, 7) is 7.95. The number of amides is 1. The summed E-state index contributed by atoms with van der Waals surface area (Å²) in [4.78, 5) is 22.8. The number of ether oxygens (including phenoxy) is 1. The number of hydrogen-bond donors (Lipinski definition) is 3. The highest BCUT2D eigenvalue weighted by atomic mass is 16.6. The molecule has 0 heterocycles. The lowest BCUT2D eigenvalue weighted by molar-refractivity contribution is -0.148. The Bertz CT molecular complexity index is 355. The van der Waals surface area contributed by atoms with Crippen LogP contribution in [0.3, 0.4) is 0 Å². The minimum absolute atomic E-state index is 0.336. The van der Waals surface area contributed by atoms with Crippen molar-refractivity contribution in [1.29, 1.82) is 0 Å². The summed E-state index contributed by atoms with van der Waals surface area (Å²) >= 11 is 0. The van der Waals surface area contributed by atoms with Crippen LogP contribution in [0, 0.1) is 5.41 Å². The first-order chi connectivity index (χ1) is 8.49. The first-order valence-electron chi connectivity index (χ1n) is 5.98. The number of esters is 1. The van der Waals surface area contributed by atoms with Crippen molar-refractivity contribution in [3.05, 3.63) is 12.3 Å². The standard InChI is InChI=1S/C13H23NO5/c1-12(2,3)19-9(16)6-7-14-11(18)10(17)13(4,5)8-15/h6-7,10,15,17H,8H2,1-5H3,(H,14,18)/b7-6-/t10-/m0/s1. The van der Waals surface area contributed by atoms with E-state index in [1.807, 2.05) is 0 Å². The molecule has 0 spiro atoms. The van der Waals surface area contributed by atoms with Crippen molar-refractivity contribution >= 4 is 11.9 Å². The van der Waals surface area contributed by atoms with Crippen LogP contribution in [-0.4, -0.2) is 40.4 Å². The van der Waals surface area contributed by atoms with Gasteiger partial charge in [0.25, 0.3) is 5.91 Å². The van der Waals surface area contributed by atoms with Gasteiger partial charge in [0, 0.05) is 17.7 Å². The molecule has 6 heteroatoms. The van der Waals surface area contributed by atoms with E-state index in [9.17, 15) is 14.7 Å². The zero-order valence-electron chi connectivity index (χ0n) is 12.1. The fourth-order valence-electron chi connectivity index (χ4n) is 1.05. The number of hydrogen-bond acceptors (Lipinski definition) is 5. The van der Waals surface area contributed by atoms with Gasteiger partial charge in [0.1, 0.15) is 11.7 Å². The molecule has 0 aliphatic heterocycles. The zero-order chi connectivity index (χ0) is 15.3. The maximum Gasteiger partial charge on any atom is 0.332 e. The van der Waals surface area contributed by atoms with Crippen LogP contribution < -0.4 is 5.32 Å². The maximum atomic E-state index is 11.5. The number of aliphatic hydroxyl groups excluding tert-OH is 2. The van der Waals surface area contributed by atoms with Gasteiger partial charge in [-0.1, -0.05) is 13.8 Å². The van der Waals surface area contributed by atoms with Crippen LogP contribution in [0.5, 0.6) is 0 Å². The summed E-state index contributed by atoms with van der Waals surface area (Å²) in [6.07, 6.45) is 0.787. The van der Waals surface area contributed by atoms with E-state index < -0.39 is 29.0 Å². The fourth-order valence-corrected chi connectivity index (χ4v) is 1.05. The first kappa shape index (κ1) is 17.6. The lowest BCUT2D eigenvalue weighted by Gasteiger charge is -2.26. The van der Waals surface area contributed by atoms with Gasteiger partial charge in [-0.3, -0.25) is 4.79 Å². The smallest absolute Gasteiger partial charge is 0.332 e. The molecule has 0 aliphatic rings. The Kier molecular flexibility index (Phi) is 6.18. The minimum atomic E-state index is -1.37. The van der Waals surface area contributed by atoms with Gasteiger partial charge >= 0.3 is 5.97 Å². The second-order valence-electron chi connectivity index (χ2n) is 5.92. The normalized spacial score (nSPS) is 14.3. The van der Waals surface area contributed by atoms with Crippen molar-refractivity contribution in [2.45, 2.75) is 46.3 Å². The van der Waals surface area contributed by atoms with E-state index in [2.05, 4.69) is 5.32 Å². The zero-order valence-corrected chi connectivity index (χ0v) is 12.1. The van der Waals surface area contributed by atoms with Gasteiger partial charge in [-0.2, -0.15) is 0 Å². The molecule has 0 rings (SSSR count). The van der Waals surface area contributed by atoms with Crippen molar-refractivity contribution in [3.8, 4) is 0 Å². The predicted octanol–water partition coefficient (Wildman–Crippen LogP) is 0.337. The monoisotopic (exact) mass is 273 g/mol. The van der Waals surface area contributed by atoms with E-state index in [-0.39, 0.29) is 6.61 Å². The Balaban J connectivity index is 4.35. The second kappa shape index (κ2) is 6.68. The molecule has 0 radical (unpaired) electrons. The third kappa shape index (κ3) is 6.93. The molecule has 0 unspecified atom stereocenters. The van der Waals surface area contributed by atoms with Crippen LogP contribution in [0.2, 0.25) is 0 Å². The maximum absolute atomic E-state index is 11.5. The number of rotatable bonds is 5. The predicted molar refractivity (Wildman–Crippen MR) is 70.0 cm³/mol. The molecule has 0 bridgehead atoms. The van der Waals surface area contributed by atoms with E-state index in [0.29, 0.717) is 0 Å². The first-order valence-corrected chi connectivity index (χ1v) is 5.98. The topological polar surface area (TPSA) is 95.9 Å². The molecule has 3 N–H and O–H groups in total. The summed E-state index contributed by atoms with van der Waals surface area (Å²) in [6, 6.07) is 0. The second-order valence-corrected chi connectivity index (χ2v) is 5.92. The lowest BCUT2D eigenvalue weighted by atomic mass is 9.87. The van der Waals surface area contributed by atoms with E-state index in [1.165, 1.54) is 0 Å². The minimum Gasteiger partial charge on any atom is -0.457 e. The molecule has 19 heavy (non-hydrogen) atoms. The van der Waals surface area contributed by atoms with Crippen molar-refractivity contribution in [3.63, 3.8) is 0 Å². The molecule has 1 atom stereocenters. The highest BCUT2D eigenvalue weighted by molar-refractivity contribution is 5.85. The SMILES string of the molecule is CC(C)(C)OC(=O)/C=C\NC(=O)[C@H](O)C(C)(C)CO. The van der Waals surface area contributed by atoms with Crippen LogP contribution >= 0.6 is 0 Å². The molecule has 0 saturated carbocycles. The van der Waals surface area contributed by atoms with Crippen LogP contribution in [0.4, 0.5) is 0 Å². The molecule has 0 saturated heterocycles. The van der Waals surface area contributed by atoms with E-state index >= 15 is 0 Å². The van der Waals surface area contributed by atoms with Crippen LogP contribution in [0.15, 0.2) is 12.3 Å². The lowest BCUT2D eigenvalue weighted by Crippen LogP contribution is -2.44. The quantitative estimate of drug-likeness (QED) is 0.496. The molecule has 6 nitrogen and oxygen atoms in total. The molecule has 110 valence electrons. The molecule has 0 aromatic carbocycles. The van der Waals surface area contributed by atoms with E-state index in [0.717, 1.165) is 12.3 Å². The third-order valence-corrected chi connectivity index (χ3v) is 2.25. The van der Waals surface area contributed by atoms with Gasteiger partial charge in [0.2, 0.25) is 0 Å². The average Bonchev–Trinajstić information content (AvgIpc) is 2.25. The van der Waals surface area contributed by atoms with Crippen LogP contribution in [0.25, 0.3) is 0 Å². The van der Waals surface area contributed by atoms with E-state index in [4.69, 9.17) is 9.84 Å². The summed E-state index contributed by atoms with van der Waals surface area (Å²) in [5.41, 5.74) is -1.56. The Labute approximate surface area is 113 Å². The highest BCUT2D eigenvalue weighted by Crippen LogP contribution is 2.19. The van der Waals surface area contributed by atoms with Gasteiger partial charge in [-0.05, 0) is 20.8 Å². The summed E-state index contributed by atoms with van der Waals surface area (Å²) < 4.78 is 4.99. The summed E-state index contributed by atoms with van der Waals surface area (Å²) in [7, 11) is 0. The molecular weight excluding hydrogens is 250 g/mol. The van der Waals surface area contributed by atoms with Gasteiger partial charge in [0.05, 0.1) is 6.61 Å². The van der Waals surface area contributed by atoms with Gasteiger partial charge in [-0.25, -0.2) is 4.79 Å². The molecule has 1 amide bonds. The van der Waals surface area contributed by atoms with E-state index in [1.54, 1.807) is 34.6 Å². The number of carbonyl (C=O) groups excluding carboxylic acids is 2. The van der Waals surface area contributed by atoms with Crippen molar-refractivity contribution in [2.75, 3.05) is 6.61 Å². The molecular formula is C13H23NO5. The summed E-state index contributed by atoms with van der Waals surface area (Å²) in [5, 5.41) is 21.0. The molecule has 0 aromatic rings.